The molecule has 0 fully saturated rings. The van der Waals surface area contributed by atoms with Crippen molar-refractivity contribution in [1.29, 1.82) is 0 Å². The van der Waals surface area contributed by atoms with Crippen molar-refractivity contribution in [3.8, 4) is 5.75 Å². The summed E-state index contributed by atoms with van der Waals surface area (Å²) in [5, 5.41) is 10.8. The lowest BCUT2D eigenvalue weighted by Gasteiger charge is -2.30. The van der Waals surface area contributed by atoms with Gasteiger partial charge in [-0.1, -0.05) is 67.5 Å². The molecule has 0 amide bonds. The smallest absolute Gasteiger partial charge is 0.306 e. The van der Waals surface area contributed by atoms with E-state index in [4.69, 9.17) is 4.74 Å². The highest BCUT2D eigenvalue weighted by Gasteiger charge is 2.28. The van der Waals surface area contributed by atoms with Crippen molar-refractivity contribution >= 4 is 18.6 Å². The topological polar surface area (TPSA) is 46.5 Å². The van der Waals surface area contributed by atoms with Crippen LogP contribution in [0.1, 0.15) is 78.5 Å². The van der Waals surface area contributed by atoms with Gasteiger partial charge in [-0.05, 0) is 33.9 Å². The molecule has 0 radical (unpaired) electrons. The minimum atomic E-state index is -0.204. The van der Waals surface area contributed by atoms with Gasteiger partial charge in [0, 0.05) is 11.2 Å². The summed E-state index contributed by atoms with van der Waals surface area (Å²) in [7, 11) is 0. The van der Waals surface area contributed by atoms with Gasteiger partial charge < -0.3 is 9.84 Å². The van der Waals surface area contributed by atoms with E-state index in [0.29, 0.717) is 24.5 Å². The van der Waals surface area contributed by atoms with Crippen molar-refractivity contribution in [3.05, 3.63) is 28.8 Å². The lowest BCUT2D eigenvalue weighted by atomic mass is 9.76. The Morgan fingerprint density at radius 1 is 1.00 bits per heavy atom. The van der Waals surface area contributed by atoms with Gasteiger partial charge in [-0.3, -0.25) is 4.79 Å². The fraction of sp³-hybridized carbons (Fsp3) is 0.682. The molecule has 4 heteroatoms. The molecule has 1 rings (SSSR count). The normalized spacial score (nSPS) is 13.0. The molecule has 26 heavy (non-hydrogen) atoms. The molecule has 0 aliphatic rings. The largest absolute Gasteiger partial charge is 0.507 e. The Balaban J connectivity index is 3.18. The van der Waals surface area contributed by atoms with E-state index in [2.05, 4.69) is 80.2 Å². The average molecular weight is 381 g/mol. The number of phenols is 1. The molecule has 0 saturated heterocycles. The van der Waals surface area contributed by atoms with E-state index in [0.717, 1.165) is 23.1 Å². The van der Waals surface area contributed by atoms with Crippen LogP contribution < -0.4 is 0 Å². The molecule has 1 aromatic carbocycles. The number of hydrogen-bond acceptors (Lipinski definition) is 4. The molecule has 0 heterocycles. The number of aromatic hydroxyl groups is 1. The Bertz CT molecular complexity index is 599. The third kappa shape index (κ3) is 6.53. The summed E-state index contributed by atoms with van der Waals surface area (Å²) in [5.41, 5.74) is 2.60. The molecule has 148 valence electrons. The number of carbonyl (C=O) groups excluding carboxylic acids is 1. The summed E-state index contributed by atoms with van der Waals surface area (Å²) in [5.74, 6) is 0.692. The molecule has 0 spiro atoms. The van der Waals surface area contributed by atoms with Gasteiger partial charge in [-0.15, -0.1) is 0 Å². The van der Waals surface area contributed by atoms with Gasteiger partial charge in [0.1, 0.15) is 5.75 Å². The number of ether oxygens (including phenoxy) is 1. The van der Waals surface area contributed by atoms with Gasteiger partial charge in [0.15, 0.2) is 0 Å². The standard InChI is InChI=1S/C22H36O3S/c1-20(2,3)16-11-15(12-17(19(16)24)21(4,5)6)13-22(7,8)14-25-18(23)9-10-26/h11-12,24,26H,9-10,13-14H2,1-8H3. The van der Waals surface area contributed by atoms with Crippen LogP contribution in [-0.4, -0.2) is 23.4 Å². The van der Waals surface area contributed by atoms with Crippen molar-refractivity contribution in [1.82, 2.24) is 0 Å². The number of benzene rings is 1. The summed E-state index contributed by atoms with van der Waals surface area (Å²) in [6.45, 7) is 17.3. The predicted molar refractivity (Wildman–Crippen MR) is 112 cm³/mol. The first-order valence-electron chi connectivity index (χ1n) is 9.31. The third-order valence-electron chi connectivity index (χ3n) is 4.41. The van der Waals surface area contributed by atoms with E-state index < -0.39 is 0 Å². The van der Waals surface area contributed by atoms with Crippen molar-refractivity contribution < 1.29 is 14.6 Å². The van der Waals surface area contributed by atoms with Crippen molar-refractivity contribution in [2.75, 3.05) is 12.4 Å². The van der Waals surface area contributed by atoms with Crippen LogP contribution in [0.2, 0.25) is 0 Å². The molecule has 3 nitrogen and oxygen atoms in total. The maximum absolute atomic E-state index is 11.7. The molecular weight excluding hydrogens is 344 g/mol. The van der Waals surface area contributed by atoms with Crippen LogP contribution in [0.15, 0.2) is 12.1 Å². The van der Waals surface area contributed by atoms with E-state index in [1.807, 2.05) is 0 Å². The Kier molecular flexibility index (Phi) is 7.25. The van der Waals surface area contributed by atoms with Crippen LogP contribution in [0.4, 0.5) is 0 Å². The second kappa shape index (κ2) is 8.24. The Morgan fingerprint density at radius 2 is 1.46 bits per heavy atom. The summed E-state index contributed by atoms with van der Waals surface area (Å²) < 4.78 is 5.40. The fourth-order valence-corrected chi connectivity index (χ4v) is 3.17. The van der Waals surface area contributed by atoms with Gasteiger partial charge in [-0.2, -0.15) is 12.6 Å². The Morgan fingerprint density at radius 3 is 1.85 bits per heavy atom. The first kappa shape index (κ1) is 22.9. The second-order valence-corrected chi connectivity index (χ2v) is 10.5. The van der Waals surface area contributed by atoms with Crippen molar-refractivity contribution in [2.45, 2.75) is 79.1 Å². The van der Waals surface area contributed by atoms with Crippen molar-refractivity contribution in [3.63, 3.8) is 0 Å². The number of rotatable bonds is 6. The summed E-state index contributed by atoms with van der Waals surface area (Å²) >= 11 is 4.07. The number of esters is 1. The number of thiol groups is 1. The van der Waals surface area contributed by atoms with E-state index in [-0.39, 0.29) is 22.2 Å². The SMILES string of the molecule is CC(C)(COC(=O)CCS)Cc1cc(C(C)(C)C)c(O)c(C(C)(C)C)c1. The zero-order valence-electron chi connectivity index (χ0n) is 17.7. The summed E-state index contributed by atoms with van der Waals surface area (Å²) in [6.07, 6.45) is 1.11. The number of hydrogen-bond donors (Lipinski definition) is 2. The zero-order valence-corrected chi connectivity index (χ0v) is 18.6. The zero-order chi connectivity index (χ0) is 20.3. The van der Waals surface area contributed by atoms with Crippen LogP contribution in [0, 0.1) is 5.41 Å². The highest BCUT2D eigenvalue weighted by molar-refractivity contribution is 7.80. The average Bonchev–Trinajstić information content (AvgIpc) is 2.44. The molecule has 1 N–H and O–H groups in total. The molecule has 0 unspecified atom stereocenters. The molecule has 0 atom stereocenters. The van der Waals surface area contributed by atoms with E-state index in [1.165, 1.54) is 0 Å². The lowest BCUT2D eigenvalue weighted by molar-refractivity contribution is -0.146. The van der Waals surface area contributed by atoms with Crippen LogP contribution in [-0.2, 0) is 26.8 Å². The van der Waals surface area contributed by atoms with E-state index in [9.17, 15) is 9.90 Å². The lowest BCUT2D eigenvalue weighted by Crippen LogP contribution is -2.25. The van der Waals surface area contributed by atoms with Crippen LogP contribution in [0.5, 0.6) is 5.75 Å². The van der Waals surface area contributed by atoms with E-state index in [1.54, 1.807) is 0 Å². The van der Waals surface area contributed by atoms with Gasteiger partial charge in [0.2, 0.25) is 0 Å². The first-order valence-corrected chi connectivity index (χ1v) is 9.94. The van der Waals surface area contributed by atoms with Crippen LogP contribution in [0.3, 0.4) is 0 Å². The molecule has 0 aliphatic heterocycles. The highest BCUT2D eigenvalue weighted by Crippen LogP contribution is 2.40. The summed E-state index contributed by atoms with van der Waals surface area (Å²) in [4.78, 5) is 11.7. The predicted octanol–water partition coefficient (Wildman–Crippen LogP) is 5.42. The third-order valence-corrected chi connectivity index (χ3v) is 4.63. The fourth-order valence-electron chi connectivity index (χ4n) is 2.98. The highest BCUT2D eigenvalue weighted by atomic mass is 32.1. The molecule has 0 aliphatic carbocycles. The molecular formula is C22H36O3S. The molecule has 0 aromatic heterocycles. The van der Waals surface area contributed by atoms with Gasteiger partial charge >= 0.3 is 5.97 Å². The minimum absolute atomic E-state index is 0.150. The quantitative estimate of drug-likeness (QED) is 0.512. The first-order chi connectivity index (χ1) is 11.7. The number of phenolic OH excluding ortho intramolecular Hbond substituents is 1. The maximum Gasteiger partial charge on any atom is 0.306 e. The van der Waals surface area contributed by atoms with Gasteiger partial charge in [0.25, 0.3) is 0 Å². The molecule has 1 aromatic rings. The number of carbonyl (C=O) groups is 1. The van der Waals surface area contributed by atoms with Crippen molar-refractivity contribution in [2.24, 2.45) is 5.41 Å². The Hall–Kier alpha value is -1.16. The van der Waals surface area contributed by atoms with Crippen LogP contribution in [0.25, 0.3) is 0 Å². The van der Waals surface area contributed by atoms with E-state index >= 15 is 0 Å². The van der Waals surface area contributed by atoms with Gasteiger partial charge in [0.05, 0.1) is 13.0 Å². The summed E-state index contributed by atoms with van der Waals surface area (Å²) in [6, 6.07) is 4.20. The molecule has 0 bridgehead atoms. The minimum Gasteiger partial charge on any atom is -0.507 e. The Labute approximate surface area is 164 Å². The second-order valence-electron chi connectivity index (χ2n) is 10.0. The maximum atomic E-state index is 11.7. The van der Waals surface area contributed by atoms with Gasteiger partial charge in [-0.25, -0.2) is 0 Å². The van der Waals surface area contributed by atoms with Crippen LogP contribution >= 0.6 is 12.6 Å². The monoisotopic (exact) mass is 380 g/mol. The molecule has 0 saturated carbocycles.